The van der Waals surface area contributed by atoms with Gasteiger partial charge in [0.15, 0.2) is 11.5 Å². The molecule has 0 spiro atoms. The second-order valence-electron chi connectivity index (χ2n) is 4.76. The van der Waals surface area contributed by atoms with Crippen LogP contribution in [0.15, 0.2) is 18.2 Å². The van der Waals surface area contributed by atoms with Crippen molar-refractivity contribution in [3.05, 3.63) is 23.8 Å². The highest BCUT2D eigenvalue weighted by molar-refractivity contribution is 5.50. The standard InChI is InChI=1S/C14H21NO2/c1-2-17-12-6-3-5-11(13(12)16)14(9-10-15)7-4-8-14/h3,5-6,16H,2,4,7-10,15H2,1H3. The van der Waals surface area contributed by atoms with Gasteiger partial charge in [-0.3, -0.25) is 0 Å². The van der Waals surface area contributed by atoms with Gasteiger partial charge in [-0.15, -0.1) is 0 Å². The van der Waals surface area contributed by atoms with Crippen LogP contribution in [0.4, 0.5) is 0 Å². The number of phenols is 1. The van der Waals surface area contributed by atoms with Gasteiger partial charge in [0.2, 0.25) is 0 Å². The molecule has 0 aromatic heterocycles. The molecule has 17 heavy (non-hydrogen) atoms. The Hall–Kier alpha value is -1.22. The molecule has 0 saturated heterocycles. The van der Waals surface area contributed by atoms with E-state index in [0.717, 1.165) is 24.8 Å². The molecule has 1 saturated carbocycles. The van der Waals surface area contributed by atoms with Gasteiger partial charge in [0, 0.05) is 11.0 Å². The van der Waals surface area contributed by atoms with Gasteiger partial charge in [0.05, 0.1) is 6.61 Å². The van der Waals surface area contributed by atoms with Gasteiger partial charge >= 0.3 is 0 Å². The lowest BCUT2D eigenvalue weighted by atomic mass is 9.62. The summed E-state index contributed by atoms with van der Waals surface area (Å²) in [4.78, 5) is 0. The highest BCUT2D eigenvalue weighted by Gasteiger charge is 2.40. The lowest BCUT2D eigenvalue weighted by molar-refractivity contribution is 0.219. The number of hydrogen-bond acceptors (Lipinski definition) is 3. The summed E-state index contributed by atoms with van der Waals surface area (Å²) in [6, 6.07) is 5.78. The predicted molar refractivity (Wildman–Crippen MR) is 68.5 cm³/mol. The number of benzene rings is 1. The normalized spacial score (nSPS) is 17.5. The Bertz CT molecular complexity index is 386. The molecule has 94 valence electrons. The maximum atomic E-state index is 10.3. The lowest BCUT2D eigenvalue weighted by Gasteiger charge is -2.42. The van der Waals surface area contributed by atoms with Crippen molar-refractivity contribution in [2.75, 3.05) is 13.2 Å². The van der Waals surface area contributed by atoms with Crippen molar-refractivity contribution in [1.29, 1.82) is 0 Å². The van der Waals surface area contributed by atoms with E-state index >= 15 is 0 Å². The zero-order valence-corrected chi connectivity index (χ0v) is 10.4. The Labute approximate surface area is 103 Å². The van der Waals surface area contributed by atoms with E-state index in [4.69, 9.17) is 10.5 Å². The van der Waals surface area contributed by atoms with E-state index in [1.165, 1.54) is 6.42 Å². The van der Waals surface area contributed by atoms with Crippen LogP contribution in [0, 0.1) is 0 Å². The Morgan fingerprint density at radius 1 is 1.41 bits per heavy atom. The Morgan fingerprint density at radius 2 is 2.18 bits per heavy atom. The molecule has 0 atom stereocenters. The Morgan fingerprint density at radius 3 is 2.71 bits per heavy atom. The number of phenolic OH excluding ortho intramolecular Hbond substituents is 1. The molecule has 2 rings (SSSR count). The molecule has 0 radical (unpaired) electrons. The van der Waals surface area contributed by atoms with Crippen molar-refractivity contribution >= 4 is 0 Å². The maximum absolute atomic E-state index is 10.3. The van der Waals surface area contributed by atoms with Crippen LogP contribution in [0.3, 0.4) is 0 Å². The van der Waals surface area contributed by atoms with Crippen LogP contribution in [0.5, 0.6) is 11.5 Å². The van der Waals surface area contributed by atoms with Gasteiger partial charge in [-0.1, -0.05) is 18.6 Å². The van der Waals surface area contributed by atoms with Crippen LogP contribution < -0.4 is 10.5 Å². The first-order chi connectivity index (χ1) is 8.23. The van der Waals surface area contributed by atoms with Gasteiger partial charge in [0.1, 0.15) is 0 Å². The van der Waals surface area contributed by atoms with Crippen LogP contribution in [-0.2, 0) is 5.41 Å². The fourth-order valence-corrected chi connectivity index (χ4v) is 2.76. The van der Waals surface area contributed by atoms with Crippen LogP contribution in [0.2, 0.25) is 0 Å². The number of para-hydroxylation sites is 1. The highest BCUT2D eigenvalue weighted by atomic mass is 16.5. The third-order valence-electron chi connectivity index (χ3n) is 3.80. The Balaban J connectivity index is 2.34. The summed E-state index contributed by atoms with van der Waals surface area (Å²) in [5.41, 5.74) is 6.80. The molecule has 0 unspecified atom stereocenters. The number of aromatic hydroxyl groups is 1. The summed E-state index contributed by atoms with van der Waals surface area (Å²) in [5.74, 6) is 0.899. The monoisotopic (exact) mass is 235 g/mol. The molecule has 0 bridgehead atoms. The molecular weight excluding hydrogens is 214 g/mol. The number of rotatable bonds is 5. The predicted octanol–water partition coefficient (Wildman–Crippen LogP) is 2.56. The highest BCUT2D eigenvalue weighted by Crippen LogP contribution is 2.50. The van der Waals surface area contributed by atoms with Crippen molar-refractivity contribution in [3.8, 4) is 11.5 Å². The fourth-order valence-electron chi connectivity index (χ4n) is 2.76. The van der Waals surface area contributed by atoms with Gasteiger partial charge in [0.25, 0.3) is 0 Å². The second kappa shape index (κ2) is 4.96. The molecule has 1 aromatic rings. The maximum Gasteiger partial charge on any atom is 0.161 e. The molecule has 3 N–H and O–H groups in total. The third-order valence-corrected chi connectivity index (χ3v) is 3.80. The van der Waals surface area contributed by atoms with Crippen LogP contribution in [0.25, 0.3) is 0 Å². The van der Waals surface area contributed by atoms with E-state index in [0.29, 0.717) is 24.7 Å². The lowest BCUT2D eigenvalue weighted by Crippen LogP contribution is -2.36. The average Bonchev–Trinajstić information content (AvgIpc) is 2.27. The fraction of sp³-hybridized carbons (Fsp3) is 0.571. The topological polar surface area (TPSA) is 55.5 Å². The first-order valence-electron chi connectivity index (χ1n) is 6.39. The van der Waals surface area contributed by atoms with E-state index in [1.807, 2.05) is 25.1 Å². The smallest absolute Gasteiger partial charge is 0.161 e. The second-order valence-corrected chi connectivity index (χ2v) is 4.76. The van der Waals surface area contributed by atoms with E-state index in [-0.39, 0.29) is 5.41 Å². The number of nitrogens with two attached hydrogens (primary N) is 1. The van der Waals surface area contributed by atoms with Gasteiger partial charge in [-0.25, -0.2) is 0 Å². The summed E-state index contributed by atoms with van der Waals surface area (Å²) in [7, 11) is 0. The van der Waals surface area contributed by atoms with Crippen molar-refractivity contribution in [1.82, 2.24) is 0 Å². The molecule has 0 amide bonds. The van der Waals surface area contributed by atoms with Crippen molar-refractivity contribution in [2.24, 2.45) is 5.73 Å². The summed E-state index contributed by atoms with van der Waals surface area (Å²) >= 11 is 0. The summed E-state index contributed by atoms with van der Waals surface area (Å²) in [5, 5.41) is 10.3. The first-order valence-corrected chi connectivity index (χ1v) is 6.39. The molecule has 3 nitrogen and oxygen atoms in total. The Kier molecular flexibility index (Phi) is 3.57. The minimum atomic E-state index is 0.0892. The zero-order valence-electron chi connectivity index (χ0n) is 10.4. The minimum absolute atomic E-state index is 0.0892. The van der Waals surface area contributed by atoms with E-state index in [9.17, 15) is 5.11 Å². The van der Waals surface area contributed by atoms with Crippen LogP contribution >= 0.6 is 0 Å². The van der Waals surface area contributed by atoms with Gasteiger partial charge < -0.3 is 15.6 Å². The van der Waals surface area contributed by atoms with Crippen LogP contribution in [0.1, 0.15) is 38.2 Å². The van der Waals surface area contributed by atoms with Gasteiger partial charge in [-0.2, -0.15) is 0 Å². The summed E-state index contributed by atoms with van der Waals surface area (Å²) in [6.07, 6.45) is 4.40. The molecule has 0 aliphatic heterocycles. The number of hydrogen-bond donors (Lipinski definition) is 2. The summed E-state index contributed by atoms with van der Waals surface area (Å²) < 4.78 is 5.44. The summed E-state index contributed by atoms with van der Waals surface area (Å²) in [6.45, 7) is 3.16. The molecule has 0 heterocycles. The zero-order chi connectivity index (χ0) is 12.3. The van der Waals surface area contributed by atoms with E-state index in [1.54, 1.807) is 0 Å². The molecule has 1 aliphatic carbocycles. The largest absolute Gasteiger partial charge is 0.504 e. The van der Waals surface area contributed by atoms with E-state index in [2.05, 4.69) is 0 Å². The van der Waals surface area contributed by atoms with E-state index < -0.39 is 0 Å². The molecular formula is C14H21NO2. The van der Waals surface area contributed by atoms with Crippen LogP contribution in [-0.4, -0.2) is 18.3 Å². The molecule has 1 aromatic carbocycles. The molecule has 1 aliphatic rings. The van der Waals surface area contributed by atoms with Crippen molar-refractivity contribution in [2.45, 2.75) is 38.0 Å². The number of ether oxygens (including phenoxy) is 1. The van der Waals surface area contributed by atoms with Gasteiger partial charge in [-0.05, 0) is 38.8 Å². The first kappa shape index (κ1) is 12.2. The molecule has 1 fully saturated rings. The quantitative estimate of drug-likeness (QED) is 0.824. The van der Waals surface area contributed by atoms with Crippen molar-refractivity contribution < 1.29 is 9.84 Å². The average molecular weight is 235 g/mol. The molecule has 3 heteroatoms. The third kappa shape index (κ3) is 2.12. The SMILES string of the molecule is CCOc1cccc(C2(CCN)CCC2)c1O. The van der Waals surface area contributed by atoms with Crippen molar-refractivity contribution in [3.63, 3.8) is 0 Å². The minimum Gasteiger partial charge on any atom is -0.504 e.